The van der Waals surface area contributed by atoms with E-state index in [4.69, 9.17) is 5.11 Å². The summed E-state index contributed by atoms with van der Waals surface area (Å²) in [6.45, 7) is 11.6. The highest BCUT2D eigenvalue weighted by atomic mass is 16.4. The molecule has 0 spiro atoms. The second kappa shape index (κ2) is 26.7. The topological polar surface area (TPSA) is 333 Å². The molecule has 0 aromatic heterocycles. The van der Waals surface area contributed by atoms with E-state index in [2.05, 4.69) is 37.2 Å². The Labute approximate surface area is 388 Å². The monoisotopic (exact) mass is 937 g/mol. The van der Waals surface area contributed by atoms with Gasteiger partial charge in [-0.1, -0.05) is 89.2 Å². The fourth-order valence-electron chi connectivity index (χ4n) is 6.54. The predicted octanol–water partition coefficient (Wildman–Crippen LogP) is 0.648. The van der Waals surface area contributed by atoms with Crippen LogP contribution in [0.15, 0.2) is 54.6 Å². The van der Waals surface area contributed by atoms with Crippen molar-refractivity contribution in [3.8, 4) is 0 Å². The number of carboxylic acids is 3. The van der Waals surface area contributed by atoms with Crippen LogP contribution in [0.4, 0.5) is 0 Å². The van der Waals surface area contributed by atoms with E-state index in [9.17, 15) is 63.0 Å². The van der Waals surface area contributed by atoms with E-state index in [1.165, 1.54) is 6.92 Å². The number of carbonyl (C=O) groups excluding carboxylic acids is 8. The molecule has 10 N–H and O–H groups in total. The third-order valence-electron chi connectivity index (χ3n) is 10.2. The van der Waals surface area contributed by atoms with Crippen molar-refractivity contribution in [2.45, 2.75) is 136 Å². The summed E-state index contributed by atoms with van der Waals surface area (Å²) in [6.07, 6.45) is -3.58. The van der Waals surface area contributed by atoms with Gasteiger partial charge in [0.2, 0.25) is 41.2 Å². The lowest BCUT2D eigenvalue weighted by Gasteiger charge is -2.33. The van der Waals surface area contributed by atoms with Crippen LogP contribution >= 0.6 is 0 Å². The number of hydrogen-bond acceptors (Lipinski definition) is 11. The van der Waals surface area contributed by atoms with Gasteiger partial charge in [0, 0.05) is 25.8 Å². The molecule has 6 unspecified atom stereocenters. The zero-order valence-corrected chi connectivity index (χ0v) is 38.7. The van der Waals surface area contributed by atoms with Gasteiger partial charge < -0.3 is 52.5 Å². The molecule has 2 rings (SSSR count). The van der Waals surface area contributed by atoms with Crippen LogP contribution in [0.3, 0.4) is 0 Å². The van der Waals surface area contributed by atoms with Crippen molar-refractivity contribution in [1.82, 2.24) is 37.2 Å². The van der Waals surface area contributed by atoms with E-state index in [0.717, 1.165) is 5.56 Å². The van der Waals surface area contributed by atoms with Gasteiger partial charge in [0.05, 0.1) is 18.9 Å². The van der Waals surface area contributed by atoms with Crippen LogP contribution in [-0.4, -0.2) is 117 Å². The number of amides is 7. The van der Waals surface area contributed by atoms with Crippen LogP contribution in [0.2, 0.25) is 0 Å². The first kappa shape index (κ1) is 55.9. The Morgan fingerprint density at radius 2 is 1.10 bits per heavy atom. The lowest BCUT2D eigenvalue weighted by Crippen LogP contribution is -2.62. The highest BCUT2D eigenvalue weighted by Gasteiger charge is 2.38. The quantitative estimate of drug-likeness (QED) is 0.0550. The lowest BCUT2D eigenvalue weighted by molar-refractivity contribution is -0.142. The zero-order valence-electron chi connectivity index (χ0n) is 38.7. The Hall–Kier alpha value is -7.19. The minimum absolute atomic E-state index is 0.0735. The number of aliphatic carboxylic acids is 3. The van der Waals surface area contributed by atoms with E-state index in [1.807, 2.05) is 0 Å². The van der Waals surface area contributed by atoms with E-state index >= 15 is 0 Å². The van der Waals surface area contributed by atoms with Crippen molar-refractivity contribution in [2.24, 2.45) is 11.3 Å². The largest absolute Gasteiger partial charge is 0.481 e. The number of rotatable bonds is 27. The second-order valence-corrected chi connectivity index (χ2v) is 17.6. The summed E-state index contributed by atoms with van der Waals surface area (Å²) in [5.74, 6) is -12.1. The molecule has 0 bridgehead atoms. The van der Waals surface area contributed by atoms with E-state index in [1.54, 1.807) is 96.1 Å². The van der Waals surface area contributed by atoms with Gasteiger partial charge >= 0.3 is 17.9 Å². The first-order valence-corrected chi connectivity index (χ1v) is 21.7. The molecule has 7 amide bonds. The summed E-state index contributed by atoms with van der Waals surface area (Å²) in [6, 6.07) is 6.74. The minimum Gasteiger partial charge on any atom is -0.481 e. The molecule has 21 heteroatoms. The van der Waals surface area contributed by atoms with E-state index in [-0.39, 0.29) is 25.3 Å². The number of carboxylic acid groups (broad SMARTS) is 3. The molecule has 0 aliphatic rings. The molecular weight excluding hydrogens is 875 g/mol. The maximum absolute atomic E-state index is 14.4. The number of benzene rings is 2. The molecule has 0 saturated carbocycles. The Morgan fingerprint density at radius 3 is 1.67 bits per heavy atom. The Kier molecular flexibility index (Phi) is 22.3. The number of nitrogens with one attached hydrogen (secondary N) is 7. The van der Waals surface area contributed by atoms with Gasteiger partial charge in [0.15, 0.2) is 0 Å². The Balaban J connectivity index is 2.41. The first-order chi connectivity index (χ1) is 31.3. The third kappa shape index (κ3) is 20.3. The SMILES string of the molecule is Cc1ccccc1CC(NC(=O)C(CCC(=O)O)NC(=O)C(CC(=O)O)NC(=O)CCC(=O)O)C(=O)NC(C(=O)NC(CC(C)C)C(=O)NC(C)C(=O)C(=O)NCc1ccccc1)C(C)(C)C. The molecule has 0 aliphatic carbocycles. The summed E-state index contributed by atoms with van der Waals surface area (Å²) in [5, 5.41) is 45.1. The zero-order chi connectivity index (χ0) is 50.6. The number of Topliss-reactive ketones (excluding diaryl/α,β-unsaturated/α-hetero) is 1. The summed E-state index contributed by atoms with van der Waals surface area (Å²) in [4.78, 5) is 142. The second-order valence-electron chi connectivity index (χ2n) is 17.6. The Bertz CT molecular complexity index is 2120. The normalized spacial score (nSPS) is 13.8. The van der Waals surface area contributed by atoms with Crippen LogP contribution in [0.5, 0.6) is 0 Å². The molecule has 2 aromatic carbocycles. The average molecular weight is 938 g/mol. The van der Waals surface area contributed by atoms with Crippen molar-refractivity contribution in [3.05, 3.63) is 71.3 Å². The minimum atomic E-state index is -1.81. The van der Waals surface area contributed by atoms with Gasteiger partial charge in [-0.2, -0.15) is 0 Å². The van der Waals surface area contributed by atoms with Gasteiger partial charge in [-0.3, -0.25) is 52.7 Å². The third-order valence-corrected chi connectivity index (χ3v) is 10.2. The molecule has 0 aliphatic heterocycles. The van der Waals surface area contributed by atoms with Gasteiger partial charge in [0.1, 0.15) is 30.2 Å². The standard InChI is InChI=1S/C46H63N7O14/c1-25(2)21-31(41(63)48-27(4)38(61)44(66)47-24-28-14-9-8-10-15-28)52-45(67)39(46(5,6)7)53-43(65)32(22-29-16-12-11-13-26(29)3)51-40(62)30(17-19-35(55)56)50-42(64)33(23-37(59)60)49-34(54)18-20-36(57)58/h8-16,25,27,30-33,39H,17-24H2,1-7H3,(H,47,66)(H,48,63)(H,49,54)(H,50,64)(H,51,62)(H,52,67)(H,53,65)(H,55,56)(H,57,58)(H,59,60). The molecule has 366 valence electrons. The van der Waals surface area contributed by atoms with Gasteiger partial charge in [-0.25, -0.2) is 0 Å². The maximum atomic E-state index is 14.4. The van der Waals surface area contributed by atoms with Crippen molar-refractivity contribution >= 4 is 65.0 Å². The van der Waals surface area contributed by atoms with Crippen molar-refractivity contribution in [1.29, 1.82) is 0 Å². The molecule has 0 heterocycles. The van der Waals surface area contributed by atoms with E-state index in [0.29, 0.717) is 11.1 Å². The van der Waals surface area contributed by atoms with Crippen LogP contribution in [-0.2, 0) is 65.7 Å². The predicted molar refractivity (Wildman–Crippen MR) is 240 cm³/mol. The van der Waals surface area contributed by atoms with Crippen molar-refractivity contribution in [2.75, 3.05) is 0 Å². The van der Waals surface area contributed by atoms with Crippen LogP contribution in [0.25, 0.3) is 0 Å². The first-order valence-electron chi connectivity index (χ1n) is 21.7. The van der Waals surface area contributed by atoms with Crippen LogP contribution in [0.1, 0.15) is 96.8 Å². The van der Waals surface area contributed by atoms with Gasteiger partial charge in [0.25, 0.3) is 5.91 Å². The number of ketones is 1. The summed E-state index contributed by atoms with van der Waals surface area (Å²) in [5.41, 5.74) is 0.969. The van der Waals surface area contributed by atoms with Crippen LogP contribution < -0.4 is 37.2 Å². The average Bonchev–Trinajstić information content (AvgIpc) is 3.24. The fourth-order valence-corrected chi connectivity index (χ4v) is 6.54. The molecule has 2 aromatic rings. The number of aryl methyl sites for hydroxylation is 1. The molecule has 6 atom stereocenters. The summed E-state index contributed by atoms with van der Waals surface area (Å²) in [7, 11) is 0. The smallest absolute Gasteiger partial charge is 0.305 e. The molecular formula is C46H63N7O14. The lowest BCUT2D eigenvalue weighted by atomic mass is 9.85. The van der Waals surface area contributed by atoms with Gasteiger partial charge in [-0.05, 0) is 54.7 Å². The van der Waals surface area contributed by atoms with E-state index < -0.39 is 139 Å². The molecule has 0 saturated heterocycles. The van der Waals surface area contributed by atoms with Crippen LogP contribution in [0, 0.1) is 18.3 Å². The number of carbonyl (C=O) groups is 11. The number of hydrogen-bond donors (Lipinski definition) is 10. The summed E-state index contributed by atoms with van der Waals surface area (Å²) >= 11 is 0. The molecule has 0 radical (unpaired) electrons. The highest BCUT2D eigenvalue weighted by Crippen LogP contribution is 2.21. The molecule has 21 nitrogen and oxygen atoms in total. The fraction of sp³-hybridized carbons (Fsp3) is 0.500. The molecule has 67 heavy (non-hydrogen) atoms. The van der Waals surface area contributed by atoms with Gasteiger partial charge in [-0.15, -0.1) is 0 Å². The van der Waals surface area contributed by atoms with Crippen molar-refractivity contribution < 1.29 is 68.1 Å². The Morgan fingerprint density at radius 1 is 0.567 bits per heavy atom. The molecule has 0 fully saturated rings. The maximum Gasteiger partial charge on any atom is 0.305 e. The summed E-state index contributed by atoms with van der Waals surface area (Å²) < 4.78 is 0. The highest BCUT2D eigenvalue weighted by molar-refractivity contribution is 6.38. The van der Waals surface area contributed by atoms with Crippen molar-refractivity contribution in [3.63, 3.8) is 0 Å².